The molecule has 1 aliphatic rings. The maximum absolute atomic E-state index is 13.0. The third-order valence-corrected chi connectivity index (χ3v) is 5.02. The largest absolute Gasteiger partial charge is 0.497 e. The lowest BCUT2D eigenvalue weighted by molar-refractivity contribution is -0.122. The third kappa shape index (κ3) is 4.80. The van der Waals surface area contributed by atoms with E-state index in [1.54, 1.807) is 19.2 Å². The fourth-order valence-electron chi connectivity index (χ4n) is 3.25. The van der Waals surface area contributed by atoms with E-state index in [-0.39, 0.29) is 24.2 Å². The molecular weight excluding hydrogens is 373 g/mol. The molecule has 0 radical (unpaired) electrons. The number of nitrogens with one attached hydrogen (secondary N) is 1. The van der Waals surface area contributed by atoms with Gasteiger partial charge in [-0.2, -0.15) is 4.98 Å². The molecule has 1 amide bonds. The van der Waals surface area contributed by atoms with Crippen molar-refractivity contribution in [2.24, 2.45) is 5.92 Å². The van der Waals surface area contributed by atoms with Gasteiger partial charge in [0.15, 0.2) is 0 Å². The first kappa shape index (κ1) is 19.1. The SMILES string of the molecule is COc1ccc(C(NC(=O)CCc2nc(-c3ccc(F)cc3)no2)C2CC2)cc1. The first-order valence-corrected chi connectivity index (χ1v) is 9.64. The highest BCUT2D eigenvalue weighted by molar-refractivity contribution is 5.76. The molecule has 7 heteroatoms. The summed E-state index contributed by atoms with van der Waals surface area (Å²) in [4.78, 5) is 16.8. The van der Waals surface area contributed by atoms with E-state index in [2.05, 4.69) is 15.5 Å². The first-order chi connectivity index (χ1) is 14.1. The van der Waals surface area contributed by atoms with Gasteiger partial charge < -0.3 is 14.6 Å². The molecule has 1 atom stereocenters. The molecule has 2 aromatic carbocycles. The van der Waals surface area contributed by atoms with Crippen molar-refractivity contribution in [3.63, 3.8) is 0 Å². The topological polar surface area (TPSA) is 77.2 Å². The Morgan fingerprint density at radius 2 is 1.93 bits per heavy atom. The van der Waals surface area contributed by atoms with Crippen LogP contribution < -0.4 is 10.1 Å². The minimum Gasteiger partial charge on any atom is -0.497 e. The lowest BCUT2D eigenvalue weighted by Crippen LogP contribution is -2.30. The van der Waals surface area contributed by atoms with Crippen LogP contribution in [0.15, 0.2) is 53.1 Å². The van der Waals surface area contributed by atoms with Crippen molar-refractivity contribution < 1.29 is 18.4 Å². The molecule has 4 rings (SSSR count). The van der Waals surface area contributed by atoms with Crippen molar-refractivity contribution in [1.82, 2.24) is 15.5 Å². The first-order valence-electron chi connectivity index (χ1n) is 9.64. The second-order valence-electron chi connectivity index (χ2n) is 7.17. The summed E-state index contributed by atoms with van der Waals surface area (Å²) < 4.78 is 23.5. The number of carbonyl (C=O) groups excluding carboxylic acids is 1. The van der Waals surface area contributed by atoms with Gasteiger partial charge >= 0.3 is 0 Å². The van der Waals surface area contributed by atoms with Gasteiger partial charge in [-0.1, -0.05) is 17.3 Å². The molecule has 1 fully saturated rings. The number of benzene rings is 2. The number of carbonyl (C=O) groups is 1. The van der Waals surface area contributed by atoms with Gasteiger partial charge in [-0.3, -0.25) is 4.79 Å². The van der Waals surface area contributed by atoms with E-state index in [1.165, 1.54) is 12.1 Å². The Labute approximate surface area is 168 Å². The molecular formula is C22H22FN3O3. The van der Waals surface area contributed by atoms with Gasteiger partial charge in [0.05, 0.1) is 13.2 Å². The minimum atomic E-state index is -0.323. The number of ether oxygens (including phenoxy) is 1. The van der Waals surface area contributed by atoms with E-state index in [0.717, 1.165) is 24.2 Å². The highest BCUT2D eigenvalue weighted by Gasteiger charge is 2.33. The van der Waals surface area contributed by atoms with Crippen molar-refractivity contribution in [3.05, 3.63) is 65.8 Å². The number of aryl methyl sites for hydroxylation is 1. The number of hydrogen-bond donors (Lipinski definition) is 1. The zero-order chi connectivity index (χ0) is 20.2. The molecule has 1 unspecified atom stereocenters. The molecule has 29 heavy (non-hydrogen) atoms. The maximum Gasteiger partial charge on any atom is 0.227 e. The summed E-state index contributed by atoms with van der Waals surface area (Å²) in [5.41, 5.74) is 1.75. The molecule has 1 aromatic heterocycles. The van der Waals surface area contributed by atoms with Gasteiger partial charge in [0.1, 0.15) is 11.6 Å². The van der Waals surface area contributed by atoms with Gasteiger partial charge in [-0.05, 0) is 60.7 Å². The number of amides is 1. The quantitative estimate of drug-likeness (QED) is 0.622. The Morgan fingerprint density at radius 1 is 1.21 bits per heavy atom. The van der Waals surface area contributed by atoms with Gasteiger partial charge in [0.25, 0.3) is 0 Å². The molecule has 6 nitrogen and oxygen atoms in total. The maximum atomic E-state index is 13.0. The molecule has 0 saturated heterocycles. The molecule has 1 saturated carbocycles. The normalized spacial score (nSPS) is 14.4. The van der Waals surface area contributed by atoms with E-state index in [4.69, 9.17) is 9.26 Å². The Kier molecular flexibility index (Phi) is 5.55. The third-order valence-electron chi connectivity index (χ3n) is 5.02. The van der Waals surface area contributed by atoms with Crippen LogP contribution in [-0.4, -0.2) is 23.2 Å². The van der Waals surface area contributed by atoms with Gasteiger partial charge in [-0.25, -0.2) is 4.39 Å². The van der Waals surface area contributed by atoms with E-state index < -0.39 is 0 Å². The Hall–Kier alpha value is -3.22. The van der Waals surface area contributed by atoms with Crippen LogP contribution in [0.1, 0.15) is 36.8 Å². The van der Waals surface area contributed by atoms with Crippen LogP contribution in [-0.2, 0) is 11.2 Å². The monoisotopic (exact) mass is 395 g/mol. The summed E-state index contributed by atoms with van der Waals surface area (Å²) >= 11 is 0. The summed E-state index contributed by atoms with van der Waals surface area (Å²) in [6.45, 7) is 0. The molecule has 0 spiro atoms. The molecule has 0 bridgehead atoms. The zero-order valence-corrected chi connectivity index (χ0v) is 16.1. The summed E-state index contributed by atoms with van der Waals surface area (Å²) in [7, 11) is 1.63. The lowest BCUT2D eigenvalue weighted by Gasteiger charge is -2.19. The number of methoxy groups -OCH3 is 1. The van der Waals surface area contributed by atoms with Gasteiger partial charge in [0.2, 0.25) is 17.6 Å². The Bertz CT molecular complexity index is 966. The van der Waals surface area contributed by atoms with E-state index in [0.29, 0.717) is 29.6 Å². The number of halogens is 1. The molecule has 1 heterocycles. The Morgan fingerprint density at radius 3 is 2.59 bits per heavy atom. The fraction of sp³-hybridized carbons (Fsp3) is 0.318. The number of hydrogen-bond acceptors (Lipinski definition) is 5. The van der Waals surface area contributed by atoms with Crippen LogP contribution in [0.25, 0.3) is 11.4 Å². The second kappa shape index (κ2) is 8.43. The average Bonchev–Trinajstić information content (AvgIpc) is 3.48. The standard InChI is InChI=1S/C22H22FN3O3/c1-28-18-10-6-15(7-11-18)21(14-2-3-14)24-19(27)12-13-20-25-22(26-29-20)16-4-8-17(23)9-5-16/h4-11,14,21H,2-3,12-13H2,1H3,(H,24,27). The molecule has 0 aliphatic heterocycles. The summed E-state index contributed by atoms with van der Waals surface area (Å²) in [5, 5.41) is 7.04. The fourth-order valence-corrected chi connectivity index (χ4v) is 3.25. The average molecular weight is 395 g/mol. The van der Waals surface area contributed by atoms with Crippen LogP contribution in [0.4, 0.5) is 4.39 Å². The van der Waals surface area contributed by atoms with Crippen LogP contribution in [0, 0.1) is 11.7 Å². The van der Waals surface area contributed by atoms with Crippen molar-refractivity contribution >= 4 is 5.91 Å². The molecule has 150 valence electrons. The van der Waals surface area contributed by atoms with Crippen molar-refractivity contribution in [3.8, 4) is 17.1 Å². The second-order valence-corrected chi connectivity index (χ2v) is 7.17. The van der Waals surface area contributed by atoms with E-state index in [9.17, 15) is 9.18 Å². The summed E-state index contributed by atoms with van der Waals surface area (Å²) in [6.07, 6.45) is 2.83. The predicted octanol–water partition coefficient (Wildman–Crippen LogP) is 4.08. The van der Waals surface area contributed by atoms with Gasteiger partial charge in [-0.15, -0.1) is 0 Å². The van der Waals surface area contributed by atoms with Crippen LogP contribution in [0.3, 0.4) is 0 Å². The number of nitrogens with zero attached hydrogens (tertiary/aromatic N) is 2. The van der Waals surface area contributed by atoms with Crippen molar-refractivity contribution in [2.45, 2.75) is 31.7 Å². The zero-order valence-electron chi connectivity index (χ0n) is 16.1. The van der Waals surface area contributed by atoms with Crippen LogP contribution in [0.5, 0.6) is 5.75 Å². The smallest absolute Gasteiger partial charge is 0.227 e. The summed E-state index contributed by atoms with van der Waals surface area (Å²) in [6, 6.07) is 13.7. The number of aromatic nitrogens is 2. The van der Waals surface area contributed by atoms with Crippen molar-refractivity contribution in [1.29, 1.82) is 0 Å². The molecule has 1 N–H and O–H groups in total. The van der Waals surface area contributed by atoms with Crippen molar-refractivity contribution in [2.75, 3.05) is 7.11 Å². The lowest BCUT2D eigenvalue weighted by atomic mass is 10.0. The predicted molar refractivity (Wildman–Crippen MR) is 105 cm³/mol. The van der Waals surface area contributed by atoms with E-state index in [1.807, 2.05) is 24.3 Å². The van der Waals surface area contributed by atoms with Crippen LogP contribution in [0.2, 0.25) is 0 Å². The highest BCUT2D eigenvalue weighted by Crippen LogP contribution is 2.41. The Balaban J connectivity index is 1.34. The molecule has 1 aliphatic carbocycles. The minimum absolute atomic E-state index is 0.00543. The molecule has 3 aromatic rings. The van der Waals surface area contributed by atoms with Crippen LogP contribution >= 0.6 is 0 Å². The number of rotatable bonds is 8. The van der Waals surface area contributed by atoms with E-state index >= 15 is 0 Å². The highest BCUT2D eigenvalue weighted by atomic mass is 19.1. The van der Waals surface area contributed by atoms with Gasteiger partial charge in [0, 0.05) is 18.4 Å². The summed E-state index contributed by atoms with van der Waals surface area (Å²) in [5.74, 6) is 1.65.